The van der Waals surface area contributed by atoms with Crippen molar-refractivity contribution < 1.29 is 18.7 Å². The number of carbonyl (C=O) groups excluding carboxylic acids is 2. The molecule has 35 heavy (non-hydrogen) atoms. The molecule has 0 aliphatic carbocycles. The number of ether oxygens (including phenoxy) is 1. The lowest BCUT2D eigenvalue weighted by atomic mass is 10.1. The first-order chi connectivity index (χ1) is 17.1. The van der Waals surface area contributed by atoms with E-state index >= 15 is 0 Å². The van der Waals surface area contributed by atoms with Crippen LogP contribution in [0, 0.1) is 0 Å². The second kappa shape index (κ2) is 10.0. The quantitative estimate of drug-likeness (QED) is 0.443. The fourth-order valence-corrected chi connectivity index (χ4v) is 4.44. The summed E-state index contributed by atoms with van der Waals surface area (Å²) in [6.45, 7) is 2.18. The Kier molecular flexibility index (Phi) is 6.52. The normalized spacial score (nSPS) is 13.9. The third-order valence-electron chi connectivity index (χ3n) is 6.48. The highest BCUT2D eigenvalue weighted by molar-refractivity contribution is 5.89. The van der Waals surface area contributed by atoms with Crippen molar-refractivity contribution >= 4 is 22.7 Å². The van der Waals surface area contributed by atoms with Gasteiger partial charge in [-0.2, -0.15) is 0 Å². The van der Waals surface area contributed by atoms with Crippen molar-refractivity contribution in [3.63, 3.8) is 0 Å². The Hall–Kier alpha value is -4.07. The topological polar surface area (TPSA) is 91.7 Å². The van der Waals surface area contributed by atoms with Gasteiger partial charge in [-0.05, 0) is 35.9 Å². The maximum Gasteiger partial charge on any atom is 0.227 e. The number of para-hydroxylation sites is 1. The molecule has 1 saturated heterocycles. The van der Waals surface area contributed by atoms with E-state index in [0.29, 0.717) is 57.1 Å². The van der Waals surface area contributed by atoms with Gasteiger partial charge in [-0.15, -0.1) is 0 Å². The molecule has 1 N–H and O–H groups in total. The maximum absolute atomic E-state index is 12.8. The molecule has 180 valence electrons. The predicted molar refractivity (Wildman–Crippen MR) is 132 cm³/mol. The number of benzene rings is 2. The maximum atomic E-state index is 12.8. The van der Waals surface area contributed by atoms with Crippen molar-refractivity contribution in [2.24, 2.45) is 0 Å². The zero-order valence-corrected chi connectivity index (χ0v) is 19.7. The van der Waals surface area contributed by atoms with Gasteiger partial charge in [0, 0.05) is 61.7 Å². The van der Waals surface area contributed by atoms with Gasteiger partial charge < -0.3 is 23.9 Å². The molecule has 0 unspecified atom stereocenters. The number of oxazole rings is 1. The summed E-state index contributed by atoms with van der Waals surface area (Å²) in [7, 11) is 1.63. The van der Waals surface area contributed by atoms with E-state index in [1.54, 1.807) is 13.3 Å². The number of fused-ring (bicyclic) bond motifs is 1. The Morgan fingerprint density at radius 2 is 1.71 bits per heavy atom. The van der Waals surface area contributed by atoms with E-state index in [-0.39, 0.29) is 11.8 Å². The lowest BCUT2D eigenvalue weighted by Gasteiger charge is -2.34. The second-order valence-electron chi connectivity index (χ2n) is 8.64. The minimum atomic E-state index is 0.0536. The van der Waals surface area contributed by atoms with Gasteiger partial charge in [0.25, 0.3) is 0 Å². The van der Waals surface area contributed by atoms with Crippen LogP contribution >= 0.6 is 0 Å². The van der Waals surface area contributed by atoms with Crippen LogP contribution in [0.5, 0.6) is 5.75 Å². The van der Waals surface area contributed by atoms with Crippen molar-refractivity contribution in [1.82, 2.24) is 19.8 Å². The number of hydrogen-bond acceptors (Lipinski definition) is 5. The number of hydrogen-bond donors (Lipinski definition) is 1. The molecule has 0 atom stereocenters. The Labute approximate surface area is 203 Å². The number of aryl methyl sites for hydroxylation is 1. The number of aromatic amines is 1. The summed E-state index contributed by atoms with van der Waals surface area (Å²) in [4.78, 5) is 36.8. The van der Waals surface area contributed by atoms with Gasteiger partial charge in [0.15, 0.2) is 11.7 Å². The van der Waals surface area contributed by atoms with Gasteiger partial charge in [0.05, 0.1) is 19.7 Å². The second-order valence-corrected chi connectivity index (χ2v) is 8.64. The van der Waals surface area contributed by atoms with E-state index < -0.39 is 0 Å². The molecule has 1 fully saturated rings. The molecule has 2 amide bonds. The number of aromatic nitrogens is 2. The third-order valence-corrected chi connectivity index (χ3v) is 6.48. The predicted octanol–water partition coefficient (Wildman–Crippen LogP) is 3.68. The third kappa shape index (κ3) is 5.06. The largest absolute Gasteiger partial charge is 0.497 e. The van der Waals surface area contributed by atoms with Crippen molar-refractivity contribution in [2.45, 2.75) is 19.3 Å². The molecule has 1 aliphatic rings. The summed E-state index contributed by atoms with van der Waals surface area (Å²) in [5.74, 6) is 2.12. The van der Waals surface area contributed by atoms with Crippen molar-refractivity contribution in [3.8, 4) is 17.1 Å². The minimum absolute atomic E-state index is 0.0536. The van der Waals surface area contributed by atoms with Gasteiger partial charge in [-0.1, -0.05) is 18.2 Å². The monoisotopic (exact) mass is 472 g/mol. The van der Waals surface area contributed by atoms with Crippen LogP contribution in [0.15, 0.2) is 65.3 Å². The molecule has 8 nitrogen and oxygen atoms in total. The molecule has 4 aromatic rings. The molecule has 0 saturated carbocycles. The molecule has 2 aromatic heterocycles. The zero-order chi connectivity index (χ0) is 24.2. The van der Waals surface area contributed by atoms with Crippen LogP contribution in [0.2, 0.25) is 0 Å². The van der Waals surface area contributed by atoms with Gasteiger partial charge >= 0.3 is 0 Å². The fraction of sp³-hybridized carbons (Fsp3) is 0.296. The van der Waals surface area contributed by atoms with E-state index in [1.807, 2.05) is 64.5 Å². The molecular formula is C27H28N4O4. The first-order valence-corrected chi connectivity index (χ1v) is 11.8. The van der Waals surface area contributed by atoms with E-state index in [9.17, 15) is 9.59 Å². The van der Waals surface area contributed by atoms with Crippen LogP contribution < -0.4 is 4.74 Å². The van der Waals surface area contributed by atoms with Gasteiger partial charge in [-0.3, -0.25) is 9.59 Å². The Bertz CT molecular complexity index is 1320. The number of amides is 2. The zero-order valence-electron chi connectivity index (χ0n) is 19.7. The van der Waals surface area contributed by atoms with E-state index in [0.717, 1.165) is 27.8 Å². The number of nitrogens with zero attached hydrogens (tertiary/aromatic N) is 3. The summed E-state index contributed by atoms with van der Waals surface area (Å²) >= 11 is 0. The van der Waals surface area contributed by atoms with Gasteiger partial charge in [-0.25, -0.2) is 4.98 Å². The number of H-pyrrole nitrogens is 1. The first-order valence-electron chi connectivity index (χ1n) is 11.8. The number of carbonyl (C=O) groups is 2. The Morgan fingerprint density at radius 1 is 1.00 bits per heavy atom. The lowest BCUT2D eigenvalue weighted by Crippen LogP contribution is -2.51. The summed E-state index contributed by atoms with van der Waals surface area (Å²) in [6, 6.07) is 15.5. The van der Waals surface area contributed by atoms with Crippen molar-refractivity contribution in [2.75, 3.05) is 33.3 Å². The van der Waals surface area contributed by atoms with E-state index in [1.165, 1.54) is 0 Å². The number of nitrogens with one attached hydrogen (secondary N) is 1. The van der Waals surface area contributed by atoms with Crippen LogP contribution in [0.25, 0.3) is 22.2 Å². The fourth-order valence-electron chi connectivity index (χ4n) is 4.44. The van der Waals surface area contributed by atoms with Crippen molar-refractivity contribution in [1.29, 1.82) is 0 Å². The van der Waals surface area contributed by atoms with Crippen LogP contribution in [0.4, 0.5) is 0 Å². The Balaban J connectivity index is 1.09. The molecule has 0 bridgehead atoms. The average molecular weight is 473 g/mol. The SMILES string of the molecule is COc1ccc(-c2cnc(CCC(=O)N3CCN(C(=O)Cc4c[nH]c5ccccc45)CC3)o2)cc1. The molecule has 8 heteroatoms. The highest BCUT2D eigenvalue weighted by Gasteiger charge is 2.25. The first kappa shape index (κ1) is 22.7. The molecular weight excluding hydrogens is 444 g/mol. The highest BCUT2D eigenvalue weighted by Crippen LogP contribution is 2.24. The average Bonchev–Trinajstić information content (AvgIpc) is 3.55. The number of rotatable bonds is 7. The van der Waals surface area contributed by atoms with Gasteiger partial charge in [0.2, 0.25) is 11.8 Å². The van der Waals surface area contributed by atoms with Crippen LogP contribution in [-0.2, 0) is 22.4 Å². The molecule has 0 radical (unpaired) electrons. The summed E-state index contributed by atoms with van der Waals surface area (Å²) in [5, 5.41) is 1.08. The van der Waals surface area contributed by atoms with Crippen molar-refractivity contribution in [3.05, 3.63) is 72.4 Å². The lowest BCUT2D eigenvalue weighted by molar-refractivity contribution is -0.139. The van der Waals surface area contributed by atoms with Crippen LogP contribution in [0.3, 0.4) is 0 Å². The van der Waals surface area contributed by atoms with Crippen LogP contribution in [0.1, 0.15) is 17.9 Å². The summed E-state index contributed by atoms with van der Waals surface area (Å²) < 4.78 is 11.0. The van der Waals surface area contributed by atoms with E-state index in [2.05, 4.69) is 9.97 Å². The standard InChI is InChI=1S/C27H28N4O4/c1-34-21-8-6-19(7-9-21)24-18-29-25(35-24)10-11-26(32)30-12-14-31(15-13-30)27(33)16-20-17-28-23-5-3-2-4-22(20)23/h2-9,17-18,28H,10-16H2,1H3. The summed E-state index contributed by atoms with van der Waals surface area (Å²) in [6.07, 6.45) is 4.71. The molecule has 5 rings (SSSR count). The van der Waals surface area contributed by atoms with E-state index in [4.69, 9.17) is 9.15 Å². The highest BCUT2D eigenvalue weighted by atomic mass is 16.5. The smallest absolute Gasteiger partial charge is 0.227 e. The summed E-state index contributed by atoms with van der Waals surface area (Å²) in [5.41, 5.74) is 2.95. The number of piperazine rings is 1. The number of methoxy groups -OCH3 is 1. The minimum Gasteiger partial charge on any atom is -0.497 e. The van der Waals surface area contributed by atoms with Gasteiger partial charge in [0.1, 0.15) is 5.75 Å². The molecule has 0 spiro atoms. The Morgan fingerprint density at radius 3 is 2.46 bits per heavy atom. The molecule has 1 aliphatic heterocycles. The molecule has 3 heterocycles. The van der Waals surface area contributed by atoms with Crippen LogP contribution in [-0.4, -0.2) is 64.9 Å². The molecule has 2 aromatic carbocycles.